The first kappa shape index (κ1) is 19.4. The summed E-state index contributed by atoms with van der Waals surface area (Å²) in [5, 5.41) is 7.00. The van der Waals surface area contributed by atoms with Gasteiger partial charge in [0.1, 0.15) is 23.1 Å². The number of ether oxygens (including phenoxy) is 1. The molecule has 0 unspecified atom stereocenters. The summed E-state index contributed by atoms with van der Waals surface area (Å²) in [6.07, 6.45) is 5.04. The first-order valence-electron chi connectivity index (χ1n) is 9.23. The number of rotatable bonds is 6. The highest BCUT2D eigenvalue weighted by molar-refractivity contribution is 6.30. The number of halogens is 3. The Morgan fingerprint density at radius 3 is 2.66 bits per heavy atom. The average molecular weight is 418 g/mol. The molecule has 150 valence electrons. The van der Waals surface area contributed by atoms with Crippen molar-refractivity contribution in [2.45, 2.75) is 31.9 Å². The molecule has 5 nitrogen and oxygen atoms in total. The Morgan fingerprint density at radius 2 is 1.97 bits per heavy atom. The predicted molar refractivity (Wildman–Crippen MR) is 105 cm³/mol. The van der Waals surface area contributed by atoms with E-state index in [2.05, 4.69) is 10.4 Å². The standard InChI is InChI=1S/C21H18ClF2N3O2/c22-14-7-8-19(29-15-3-1-4-15)13(11-14)12-27-10-9-18(26-27)21(28)25-20-16(23)5-2-6-17(20)24/h2,5-11,15H,1,3-4,12H2,(H,25,28). The third-order valence-electron chi connectivity index (χ3n) is 4.78. The van der Waals surface area contributed by atoms with E-state index in [4.69, 9.17) is 16.3 Å². The highest BCUT2D eigenvalue weighted by Crippen LogP contribution is 2.30. The SMILES string of the molecule is O=C(Nc1c(F)cccc1F)c1ccn(Cc2cc(Cl)ccc2OC2CCC2)n1. The highest BCUT2D eigenvalue weighted by Gasteiger charge is 2.21. The number of anilines is 1. The summed E-state index contributed by atoms with van der Waals surface area (Å²) < 4.78 is 35.0. The van der Waals surface area contributed by atoms with Crippen molar-refractivity contribution in [2.75, 3.05) is 5.32 Å². The van der Waals surface area contributed by atoms with E-state index in [1.807, 2.05) is 6.07 Å². The van der Waals surface area contributed by atoms with Gasteiger partial charge in [0.25, 0.3) is 5.91 Å². The number of nitrogens with zero attached hydrogens (tertiary/aromatic N) is 2. The molecular formula is C21H18ClF2N3O2. The summed E-state index contributed by atoms with van der Waals surface area (Å²) in [6, 6.07) is 10.2. The number of hydrogen-bond acceptors (Lipinski definition) is 3. The van der Waals surface area contributed by atoms with Crippen LogP contribution in [-0.2, 0) is 6.54 Å². The predicted octanol–water partition coefficient (Wildman–Crippen LogP) is 5.05. The van der Waals surface area contributed by atoms with Gasteiger partial charge in [-0.25, -0.2) is 8.78 Å². The van der Waals surface area contributed by atoms with Gasteiger partial charge in [-0.3, -0.25) is 9.48 Å². The minimum atomic E-state index is -0.852. The second-order valence-corrected chi connectivity index (χ2v) is 7.31. The quantitative estimate of drug-likeness (QED) is 0.610. The minimum Gasteiger partial charge on any atom is -0.490 e. The molecule has 0 bridgehead atoms. The van der Waals surface area contributed by atoms with Crippen LogP contribution in [-0.4, -0.2) is 21.8 Å². The Balaban J connectivity index is 1.49. The monoisotopic (exact) mass is 417 g/mol. The molecule has 1 aliphatic carbocycles. The van der Waals surface area contributed by atoms with E-state index in [1.54, 1.807) is 23.0 Å². The van der Waals surface area contributed by atoms with Crippen molar-refractivity contribution in [3.63, 3.8) is 0 Å². The summed E-state index contributed by atoms with van der Waals surface area (Å²) in [6.45, 7) is 0.337. The summed E-state index contributed by atoms with van der Waals surface area (Å²) in [4.78, 5) is 12.3. The largest absolute Gasteiger partial charge is 0.490 e. The van der Waals surface area contributed by atoms with Gasteiger partial charge in [0.05, 0.1) is 12.6 Å². The van der Waals surface area contributed by atoms with Crippen molar-refractivity contribution in [3.8, 4) is 5.75 Å². The van der Waals surface area contributed by atoms with Crippen LogP contribution in [0.4, 0.5) is 14.5 Å². The van der Waals surface area contributed by atoms with Crippen LogP contribution in [0.2, 0.25) is 5.02 Å². The third-order valence-corrected chi connectivity index (χ3v) is 5.01. The molecule has 1 N–H and O–H groups in total. The molecule has 1 saturated carbocycles. The van der Waals surface area contributed by atoms with E-state index >= 15 is 0 Å². The van der Waals surface area contributed by atoms with Crippen molar-refractivity contribution >= 4 is 23.2 Å². The van der Waals surface area contributed by atoms with Crippen LogP contribution in [0.25, 0.3) is 0 Å². The van der Waals surface area contributed by atoms with E-state index in [9.17, 15) is 13.6 Å². The van der Waals surface area contributed by atoms with Gasteiger partial charge in [-0.1, -0.05) is 17.7 Å². The summed E-state index contributed by atoms with van der Waals surface area (Å²) in [5.41, 5.74) is 0.369. The summed E-state index contributed by atoms with van der Waals surface area (Å²) in [5.74, 6) is -1.68. The average Bonchev–Trinajstić information content (AvgIpc) is 3.11. The van der Waals surface area contributed by atoms with E-state index in [0.717, 1.165) is 42.7 Å². The van der Waals surface area contributed by atoms with E-state index < -0.39 is 23.2 Å². The molecule has 0 spiro atoms. The lowest BCUT2D eigenvalue weighted by atomic mass is 9.96. The molecule has 8 heteroatoms. The summed E-state index contributed by atoms with van der Waals surface area (Å²) in [7, 11) is 0. The number of nitrogens with one attached hydrogen (secondary N) is 1. The fourth-order valence-electron chi connectivity index (χ4n) is 2.99. The van der Waals surface area contributed by atoms with Gasteiger partial charge in [-0.15, -0.1) is 0 Å². The van der Waals surface area contributed by atoms with Gasteiger partial charge in [0, 0.05) is 16.8 Å². The maximum absolute atomic E-state index is 13.7. The maximum Gasteiger partial charge on any atom is 0.276 e. The molecule has 4 rings (SSSR count). The van der Waals surface area contributed by atoms with Crippen molar-refractivity contribution in [3.05, 3.63) is 76.6 Å². The smallest absolute Gasteiger partial charge is 0.276 e. The number of carbonyl (C=O) groups is 1. The van der Waals surface area contributed by atoms with Crippen LogP contribution >= 0.6 is 11.6 Å². The second-order valence-electron chi connectivity index (χ2n) is 6.87. The molecular weight excluding hydrogens is 400 g/mol. The molecule has 0 radical (unpaired) electrons. The van der Waals surface area contributed by atoms with Crippen molar-refractivity contribution in [1.29, 1.82) is 0 Å². The van der Waals surface area contributed by atoms with Crippen LogP contribution in [0, 0.1) is 11.6 Å². The fourth-order valence-corrected chi connectivity index (χ4v) is 3.19. The molecule has 0 atom stereocenters. The lowest BCUT2D eigenvalue weighted by Crippen LogP contribution is -2.25. The minimum absolute atomic E-state index is 0.0381. The number of carbonyl (C=O) groups excluding carboxylic acids is 1. The van der Waals surface area contributed by atoms with Crippen molar-refractivity contribution in [1.82, 2.24) is 9.78 Å². The summed E-state index contributed by atoms with van der Waals surface area (Å²) >= 11 is 6.12. The van der Waals surface area contributed by atoms with Gasteiger partial charge < -0.3 is 10.1 Å². The third kappa shape index (κ3) is 4.40. The zero-order chi connectivity index (χ0) is 20.4. The number of para-hydroxylation sites is 1. The maximum atomic E-state index is 13.7. The number of benzene rings is 2. The lowest BCUT2D eigenvalue weighted by Gasteiger charge is -2.27. The van der Waals surface area contributed by atoms with Gasteiger partial charge in [-0.05, 0) is 55.7 Å². The number of amides is 1. The lowest BCUT2D eigenvalue weighted by molar-refractivity contribution is 0.102. The van der Waals surface area contributed by atoms with E-state index in [1.165, 1.54) is 12.1 Å². The molecule has 29 heavy (non-hydrogen) atoms. The zero-order valence-corrected chi connectivity index (χ0v) is 16.1. The first-order chi connectivity index (χ1) is 14.0. The van der Waals surface area contributed by atoms with Crippen LogP contribution < -0.4 is 10.1 Å². The first-order valence-corrected chi connectivity index (χ1v) is 9.61. The van der Waals surface area contributed by atoms with Gasteiger partial charge in [-0.2, -0.15) is 5.10 Å². The molecule has 1 aliphatic rings. The van der Waals surface area contributed by atoms with E-state index in [0.29, 0.717) is 11.6 Å². The zero-order valence-electron chi connectivity index (χ0n) is 15.4. The van der Waals surface area contributed by atoms with Crippen LogP contribution in [0.3, 0.4) is 0 Å². The molecule has 2 aromatic carbocycles. The normalized spacial score (nSPS) is 13.8. The topological polar surface area (TPSA) is 56.2 Å². The Morgan fingerprint density at radius 1 is 1.21 bits per heavy atom. The molecule has 3 aromatic rings. The van der Waals surface area contributed by atoms with Crippen molar-refractivity contribution in [2.24, 2.45) is 0 Å². The molecule has 1 aromatic heterocycles. The Labute approximate surface area is 171 Å². The molecule has 1 heterocycles. The molecule has 0 saturated heterocycles. The molecule has 1 amide bonds. The Kier molecular flexibility index (Phi) is 5.49. The highest BCUT2D eigenvalue weighted by atomic mass is 35.5. The molecule has 0 aliphatic heterocycles. The van der Waals surface area contributed by atoms with Gasteiger partial charge in [0.2, 0.25) is 0 Å². The van der Waals surface area contributed by atoms with Gasteiger partial charge in [0.15, 0.2) is 5.69 Å². The van der Waals surface area contributed by atoms with Crippen molar-refractivity contribution < 1.29 is 18.3 Å². The van der Waals surface area contributed by atoms with Crippen LogP contribution in [0.15, 0.2) is 48.7 Å². The van der Waals surface area contributed by atoms with E-state index in [-0.39, 0.29) is 11.8 Å². The van der Waals surface area contributed by atoms with Gasteiger partial charge >= 0.3 is 0 Å². The van der Waals surface area contributed by atoms with Crippen LogP contribution in [0.1, 0.15) is 35.3 Å². The number of hydrogen-bond donors (Lipinski definition) is 1. The Bertz CT molecular complexity index is 1030. The molecule has 1 fully saturated rings. The Hall–Kier alpha value is -2.93. The second kappa shape index (κ2) is 8.21. The number of aromatic nitrogens is 2. The van der Waals surface area contributed by atoms with Crippen LogP contribution in [0.5, 0.6) is 5.75 Å². The fraction of sp³-hybridized carbons (Fsp3) is 0.238.